The summed E-state index contributed by atoms with van der Waals surface area (Å²) >= 11 is 0. The van der Waals surface area contributed by atoms with E-state index in [-0.39, 0.29) is 11.9 Å². The maximum Gasteiger partial charge on any atom is 0.191 e. The lowest BCUT2D eigenvalue weighted by molar-refractivity contribution is 0.195. The number of rotatable bonds is 8. The van der Waals surface area contributed by atoms with Crippen molar-refractivity contribution in [2.75, 3.05) is 38.3 Å². The van der Waals surface area contributed by atoms with Gasteiger partial charge in [-0.2, -0.15) is 0 Å². The van der Waals surface area contributed by atoms with Gasteiger partial charge in [0.15, 0.2) is 11.8 Å². The normalized spacial score (nSPS) is 17.3. The molecule has 0 saturated carbocycles. The summed E-state index contributed by atoms with van der Waals surface area (Å²) in [7, 11) is 3.64. The van der Waals surface area contributed by atoms with E-state index in [4.69, 9.17) is 9.73 Å². The molecule has 1 aromatic carbocycles. The predicted molar refractivity (Wildman–Crippen MR) is 116 cm³/mol. The molecule has 1 aliphatic heterocycles. The van der Waals surface area contributed by atoms with Gasteiger partial charge in [0, 0.05) is 52.1 Å². The first-order valence-electron chi connectivity index (χ1n) is 10.5. The molecule has 0 spiro atoms. The van der Waals surface area contributed by atoms with Crippen LogP contribution in [0.4, 0.5) is 10.1 Å². The molecule has 8 nitrogen and oxygen atoms in total. The first-order valence-corrected chi connectivity index (χ1v) is 10.5. The van der Waals surface area contributed by atoms with Crippen molar-refractivity contribution in [1.29, 1.82) is 0 Å². The number of nitrogens with one attached hydrogen (secondary N) is 2. The molecule has 0 bridgehead atoms. The van der Waals surface area contributed by atoms with E-state index >= 15 is 0 Å². The Morgan fingerprint density at radius 3 is 2.97 bits per heavy atom. The number of methoxy groups -OCH3 is 1. The number of anilines is 1. The van der Waals surface area contributed by atoms with Gasteiger partial charge < -0.3 is 24.8 Å². The number of aliphatic imine (C=N–C) groups is 1. The van der Waals surface area contributed by atoms with E-state index in [1.165, 1.54) is 6.07 Å². The van der Waals surface area contributed by atoms with Gasteiger partial charge in [0.2, 0.25) is 0 Å². The van der Waals surface area contributed by atoms with Crippen molar-refractivity contribution in [1.82, 2.24) is 25.4 Å². The maximum absolute atomic E-state index is 13.6. The standard InChI is InChI=1S/C21H32FN7O/c1-16-26-27-20(28(16)2)14-24-21(23-10-6-12-30-3)25-18-8-5-11-29(15-18)19-9-4-7-17(22)13-19/h4,7,9,13,18H,5-6,8,10-12,14-15H2,1-3H3,(H2,23,24,25). The number of aryl methyl sites for hydroxylation is 1. The van der Waals surface area contributed by atoms with Gasteiger partial charge in [0.05, 0.1) is 0 Å². The fourth-order valence-corrected chi connectivity index (χ4v) is 3.51. The molecular weight excluding hydrogens is 385 g/mol. The van der Waals surface area contributed by atoms with Gasteiger partial charge in [-0.25, -0.2) is 9.38 Å². The SMILES string of the molecule is COCCCNC(=NCc1nnc(C)n1C)NC1CCCN(c2cccc(F)c2)C1. The van der Waals surface area contributed by atoms with E-state index in [9.17, 15) is 4.39 Å². The highest BCUT2D eigenvalue weighted by Gasteiger charge is 2.21. The summed E-state index contributed by atoms with van der Waals surface area (Å²) in [6.07, 6.45) is 2.96. The summed E-state index contributed by atoms with van der Waals surface area (Å²) < 4.78 is 20.7. The molecule has 1 unspecified atom stereocenters. The predicted octanol–water partition coefficient (Wildman–Crippen LogP) is 2.00. The van der Waals surface area contributed by atoms with Crippen molar-refractivity contribution in [2.24, 2.45) is 12.0 Å². The Bertz CT molecular complexity index is 839. The van der Waals surface area contributed by atoms with Crippen LogP contribution in [0.2, 0.25) is 0 Å². The third-order valence-corrected chi connectivity index (χ3v) is 5.31. The van der Waals surface area contributed by atoms with Crippen molar-refractivity contribution in [3.05, 3.63) is 41.7 Å². The number of piperidine rings is 1. The third kappa shape index (κ3) is 6.16. The molecule has 2 aromatic rings. The molecule has 0 amide bonds. The van der Waals surface area contributed by atoms with Crippen molar-refractivity contribution in [2.45, 2.75) is 38.8 Å². The van der Waals surface area contributed by atoms with Gasteiger partial charge in [0.25, 0.3) is 0 Å². The van der Waals surface area contributed by atoms with Crippen LogP contribution in [-0.4, -0.2) is 60.1 Å². The molecule has 1 aliphatic rings. The van der Waals surface area contributed by atoms with Crippen LogP contribution in [0.15, 0.2) is 29.3 Å². The Morgan fingerprint density at radius 1 is 1.37 bits per heavy atom. The number of guanidine groups is 1. The van der Waals surface area contributed by atoms with Gasteiger partial charge in [-0.1, -0.05) is 6.07 Å². The Balaban J connectivity index is 1.64. The highest BCUT2D eigenvalue weighted by molar-refractivity contribution is 5.80. The Morgan fingerprint density at radius 2 is 2.23 bits per heavy atom. The highest BCUT2D eigenvalue weighted by atomic mass is 19.1. The summed E-state index contributed by atoms with van der Waals surface area (Å²) in [6, 6.07) is 7.01. The van der Waals surface area contributed by atoms with Crippen LogP contribution in [-0.2, 0) is 18.3 Å². The molecule has 1 atom stereocenters. The second kappa shape index (κ2) is 10.9. The lowest BCUT2D eigenvalue weighted by Gasteiger charge is -2.35. The molecule has 2 heterocycles. The van der Waals surface area contributed by atoms with Crippen molar-refractivity contribution < 1.29 is 9.13 Å². The Kier molecular flexibility index (Phi) is 8.01. The summed E-state index contributed by atoms with van der Waals surface area (Å²) in [5.41, 5.74) is 0.919. The quantitative estimate of drug-likeness (QED) is 0.389. The van der Waals surface area contributed by atoms with Gasteiger partial charge in [0.1, 0.15) is 18.2 Å². The van der Waals surface area contributed by atoms with E-state index in [1.54, 1.807) is 19.2 Å². The van der Waals surface area contributed by atoms with Crippen LogP contribution >= 0.6 is 0 Å². The zero-order valence-corrected chi connectivity index (χ0v) is 18.1. The highest BCUT2D eigenvalue weighted by Crippen LogP contribution is 2.20. The van der Waals surface area contributed by atoms with E-state index in [0.29, 0.717) is 13.2 Å². The molecule has 1 fully saturated rings. The van der Waals surface area contributed by atoms with Crippen LogP contribution in [0.3, 0.4) is 0 Å². The van der Waals surface area contributed by atoms with E-state index < -0.39 is 0 Å². The number of hydrogen-bond donors (Lipinski definition) is 2. The van der Waals surface area contributed by atoms with Crippen LogP contribution < -0.4 is 15.5 Å². The zero-order chi connectivity index (χ0) is 21.3. The number of halogens is 1. The maximum atomic E-state index is 13.6. The van der Waals surface area contributed by atoms with E-state index in [0.717, 1.165) is 62.2 Å². The lowest BCUT2D eigenvalue weighted by atomic mass is 10.0. The third-order valence-electron chi connectivity index (χ3n) is 5.31. The van der Waals surface area contributed by atoms with Crippen LogP contribution in [0.5, 0.6) is 0 Å². The van der Waals surface area contributed by atoms with Gasteiger partial charge in [-0.3, -0.25) is 0 Å². The minimum Gasteiger partial charge on any atom is -0.385 e. The van der Waals surface area contributed by atoms with Crippen LogP contribution in [0.1, 0.15) is 30.9 Å². The summed E-state index contributed by atoms with van der Waals surface area (Å²) in [6.45, 7) is 5.54. The largest absolute Gasteiger partial charge is 0.385 e. The van der Waals surface area contributed by atoms with Crippen molar-refractivity contribution in [3.63, 3.8) is 0 Å². The molecule has 3 rings (SSSR count). The molecule has 9 heteroatoms. The Labute approximate surface area is 177 Å². The molecule has 30 heavy (non-hydrogen) atoms. The number of hydrogen-bond acceptors (Lipinski definition) is 5. The molecule has 164 valence electrons. The molecule has 0 radical (unpaired) electrons. The molecule has 1 saturated heterocycles. The zero-order valence-electron chi connectivity index (χ0n) is 18.1. The smallest absolute Gasteiger partial charge is 0.191 e. The average molecular weight is 418 g/mol. The summed E-state index contributed by atoms with van der Waals surface area (Å²) in [5.74, 6) is 2.22. The van der Waals surface area contributed by atoms with E-state index in [1.807, 2.05) is 24.6 Å². The molecule has 0 aliphatic carbocycles. The second-order valence-electron chi connectivity index (χ2n) is 7.57. The first kappa shape index (κ1) is 22.0. The topological polar surface area (TPSA) is 79.6 Å². The Hall–Kier alpha value is -2.68. The summed E-state index contributed by atoms with van der Waals surface area (Å²) in [4.78, 5) is 6.94. The lowest BCUT2D eigenvalue weighted by Crippen LogP contribution is -2.51. The van der Waals surface area contributed by atoms with E-state index in [2.05, 4.69) is 25.7 Å². The monoisotopic (exact) mass is 417 g/mol. The summed E-state index contributed by atoms with van der Waals surface area (Å²) in [5, 5.41) is 15.2. The minimum atomic E-state index is -0.205. The van der Waals surface area contributed by atoms with Crippen molar-refractivity contribution in [3.8, 4) is 0 Å². The fraction of sp³-hybridized carbons (Fsp3) is 0.571. The van der Waals surface area contributed by atoms with Crippen LogP contribution in [0, 0.1) is 12.7 Å². The van der Waals surface area contributed by atoms with Gasteiger partial charge >= 0.3 is 0 Å². The molecule has 1 aromatic heterocycles. The van der Waals surface area contributed by atoms with Gasteiger partial charge in [-0.05, 0) is 44.4 Å². The first-order chi connectivity index (χ1) is 14.6. The minimum absolute atomic E-state index is 0.205. The molecule has 2 N–H and O–H groups in total. The number of nitrogens with zero attached hydrogens (tertiary/aromatic N) is 5. The average Bonchev–Trinajstić information content (AvgIpc) is 3.07. The molecular formula is C21H32FN7O. The number of ether oxygens (including phenoxy) is 1. The number of aromatic nitrogens is 3. The fourth-order valence-electron chi connectivity index (χ4n) is 3.51. The van der Waals surface area contributed by atoms with Gasteiger partial charge in [-0.15, -0.1) is 10.2 Å². The van der Waals surface area contributed by atoms with Crippen molar-refractivity contribution >= 4 is 11.6 Å². The second-order valence-corrected chi connectivity index (χ2v) is 7.57. The van der Waals surface area contributed by atoms with Crippen LogP contribution in [0.25, 0.3) is 0 Å². The number of benzene rings is 1.